The van der Waals surface area contributed by atoms with E-state index in [0.717, 1.165) is 10.5 Å². The first kappa shape index (κ1) is 20.5. The molecular weight excluding hydrogens is 364 g/mol. The lowest BCUT2D eigenvalue weighted by molar-refractivity contribution is -0.115. The lowest BCUT2D eigenvalue weighted by atomic mass is 10.0. The van der Waals surface area contributed by atoms with Crippen molar-refractivity contribution in [3.8, 4) is 0 Å². The number of anilines is 2. The van der Waals surface area contributed by atoms with Crippen LogP contribution in [0.5, 0.6) is 0 Å². The molecule has 0 saturated heterocycles. The maximum atomic E-state index is 12.5. The molecule has 0 aliphatic heterocycles. The van der Waals surface area contributed by atoms with Gasteiger partial charge in [-0.05, 0) is 62.2 Å². The number of carboxylic acids is 1. The Balaban J connectivity index is 2.06. The number of carbonyl (C=O) groups excluding carboxylic acids is 2. The van der Waals surface area contributed by atoms with E-state index in [2.05, 4.69) is 10.6 Å². The van der Waals surface area contributed by atoms with E-state index in [9.17, 15) is 19.5 Å². The van der Waals surface area contributed by atoms with E-state index in [0.29, 0.717) is 16.9 Å². The van der Waals surface area contributed by atoms with Gasteiger partial charge >= 0.3 is 5.97 Å². The lowest BCUT2D eigenvalue weighted by Crippen LogP contribution is -2.23. The zero-order valence-corrected chi connectivity index (χ0v) is 16.4. The monoisotopic (exact) mass is 386 g/mol. The number of hydrogen-bond acceptors (Lipinski definition) is 4. The Morgan fingerprint density at radius 2 is 1.63 bits per heavy atom. The Labute approximate surface area is 162 Å². The number of hydrogen-bond donors (Lipinski definition) is 3. The second-order valence-corrected chi connectivity index (χ2v) is 7.66. The largest absolute Gasteiger partial charge is 0.478 e. The van der Waals surface area contributed by atoms with Crippen molar-refractivity contribution in [3.63, 3.8) is 0 Å². The van der Waals surface area contributed by atoms with Crippen LogP contribution in [0.3, 0.4) is 0 Å². The quantitative estimate of drug-likeness (QED) is 0.650. The highest BCUT2D eigenvalue weighted by Gasteiger charge is 2.17. The Morgan fingerprint density at radius 1 is 1.00 bits per heavy atom. The SMILES string of the molecule is CC(=O)Nc1ccc(SC(C)C(=O)Nc2cc(C(=O)O)c(C)cc2C)cc1. The van der Waals surface area contributed by atoms with Gasteiger partial charge in [0.1, 0.15) is 0 Å². The molecule has 27 heavy (non-hydrogen) atoms. The minimum atomic E-state index is -1.02. The normalized spacial score (nSPS) is 11.6. The maximum absolute atomic E-state index is 12.5. The summed E-state index contributed by atoms with van der Waals surface area (Å²) in [4.78, 5) is 35.7. The van der Waals surface area contributed by atoms with Crippen LogP contribution in [0.4, 0.5) is 11.4 Å². The molecule has 2 rings (SSSR count). The summed E-state index contributed by atoms with van der Waals surface area (Å²) in [7, 11) is 0. The Hall–Kier alpha value is -2.80. The van der Waals surface area contributed by atoms with E-state index in [1.807, 2.05) is 19.1 Å². The van der Waals surface area contributed by atoms with Crippen LogP contribution in [-0.2, 0) is 9.59 Å². The molecule has 0 saturated carbocycles. The third-order valence-electron chi connectivity index (χ3n) is 3.92. The van der Waals surface area contributed by atoms with Crippen LogP contribution in [-0.4, -0.2) is 28.1 Å². The number of nitrogens with one attached hydrogen (secondary N) is 2. The first-order valence-corrected chi connectivity index (χ1v) is 9.25. The average molecular weight is 386 g/mol. The predicted molar refractivity (Wildman–Crippen MR) is 108 cm³/mol. The summed E-state index contributed by atoms with van der Waals surface area (Å²) in [6, 6.07) is 10.5. The Kier molecular flexibility index (Phi) is 6.63. The number of rotatable bonds is 6. The lowest BCUT2D eigenvalue weighted by Gasteiger charge is -2.15. The van der Waals surface area contributed by atoms with Crippen LogP contribution in [0.15, 0.2) is 41.3 Å². The van der Waals surface area contributed by atoms with Crippen LogP contribution in [0.2, 0.25) is 0 Å². The van der Waals surface area contributed by atoms with Crippen LogP contribution in [0.1, 0.15) is 35.3 Å². The fourth-order valence-electron chi connectivity index (χ4n) is 2.53. The molecule has 2 aromatic rings. The zero-order valence-electron chi connectivity index (χ0n) is 15.6. The van der Waals surface area contributed by atoms with E-state index < -0.39 is 5.97 Å². The molecule has 0 fully saturated rings. The van der Waals surface area contributed by atoms with Gasteiger partial charge in [-0.1, -0.05) is 6.07 Å². The van der Waals surface area contributed by atoms with Crippen molar-refractivity contribution >= 4 is 40.9 Å². The van der Waals surface area contributed by atoms with Crippen LogP contribution >= 0.6 is 11.8 Å². The van der Waals surface area contributed by atoms with E-state index in [-0.39, 0.29) is 22.6 Å². The molecule has 2 amide bonds. The molecule has 7 heteroatoms. The summed E-state index contributed by atoms with van der Waals surface area (Å²) < 4.78 is 0. The molecule has 1 atom stereocenters. The van der Waals surface area contributed by atoms with Crippen LogP contribution < -0.4 is 10.6 Å². The molecule has 0 bridgehead atoms. The summed E-state index contributed by atoms with van der Waals surface area (Å²) in [6.45, 7) is 6.78. The van der Waals surface area contributed by atoms with Crippen molar-refractivity contribution in [2.45, 2.75) is 37.8 Å². The highest BCUT2D eigenvalue weighted by atomic mass is 32.2. The highest BCUT2D eigenvalue weighted by molar-refractivity contribution is 8.00. The highest BCUT2D eigenvalue weighted by Crippen LogP contribution is 2.27. The number of amides is 2. The molecule has 0 aromatic heterocycles. The van der Waals surface area contributed by atoms with Crippen LogP contribution in [0, 0.1) is 13.8 Å². The van der Waals surface area contributed by atoms with Gasteiger partial charge in [0.25, 0.3) is 0 Å². The van der Waals surface area contributed by atoms with Gasteiger partial charge in [-0.15, -0.1) is 11.8 Å². The standard InChI is InChI=1S/C20H22N2O4S/c1-11-9-12(2)18(10-17(11)20(25)26)22-19(24)13(3)27-16-7-5-15(6-8-16)21-14(4)23/h5-10,13H,1-4H3,(H,21,23)(H,22,24)(H,25,26). The summed E-state index contributed by atoms with van der Waals surface area (Å²) in [6.07, 6.45) is 0. The molecule has 1 unspecified atom stereocenters. The van der Waals surface area contributed by atoms with E-state index in [1.165, 1.54) is 24.8 Å². The molecule has 6 nitrogen and oxygen atoms in total. The van der Waals surface area contributed by atoms with Crippen molar-refractivity contribution < 1.29 is 19.5 Å². The smallest absolute Gasteiger partial charge is 0.336 e. The minimum Gasteiger partial charge on any atom is -0.478 e. The third kappa shape index (κ3) is 5.59. The molecule has 2 aromatic carbocycles. The summed E-state index contributed by atoms with van der Waals surface area (Å²) in [5, 5.41) is 14.4. The summed E-state index contributed by atoms with van der Waals surface area (Å²) in [5.41, 5.74) is 2.82. The molecular formula is C20H22N2O4S. The van der Waals surface area contributed by atoms with Crippen molar-refractivity contribution in [1.29, 1.82) is 0 Å². The van der Waals surface area contributed by atoms with E-state index >= 15 is 0 Å². The second-order valence-electron chi connectivity index (χ2n) is 6.24. The first-order chi connectivity index (χ1) is 12.7. The van der Waals surface area contributed by atoms with Gasteiger partial charge in [0.05, 0.1) is 10.8 Å². The topological polar surface area (TPSA) is 95.5 Å². The van der Waals surface area contributed by atoms with Gasteiger partial charge < -0.3 is 15.7 Å². The van der Waals surface area contributed by atoms with Crippen molar-refractivity contribution in [1.82, 2.24) is 0 Å². The zero-order chi connectivity index (χ0) is 20.1. The predicted octanol–water partition coefficient (Wildman–Crippen LogP) is 4.08. The Morgan fingerprint density at radius 3 is 2.19 bits per heavy atom. The fraction of sp³-hybridized carbons (Fsp3) is 0.250. The van der Waals surface area contributed by atoms with Gasteiger partial charge in [-0.25, -0.2) is 4.79 Å². The second kappa shape index (κ2) is 8.73. The van der Waals surface area contributed by atoms with Gasteiger partial charge in [-0.3, -0.25) is 9.59 Å². The molecule has 142 valence electrons. The summed E-state index contributed by atoms with van der Waals surface area (Å²) in [5.74, 6) is -1.38. The number of carboxylic acid groups (broad SMARTS) is 1. The molecule has 0 aliphatic rings. The number of aromatic carboxylic acids is 1. The van der Waals surface area contributed by atoms with Crippen molar-refractivity contribution in [3.05, 3.63) is 53.1 Å². The third-order valence-corrected chi connectivity index (χ3v) is 5.03. The summed E-state index contributed by atoms with van der Waals surface area (Å²) >= 11 is 1.38. The van der Waals surface area contributed by atoms with Crippen molar-refractivity contribution in [2.24, 2.45) is 0 Å². The number of aryl methyl sites for hydroxylation is 2. The van der Waals surface area contributed by atoms with Gasteiger partial charge in [-0.2, -0.15) is 0 Å². The number of thioether (sulfide) groups is 1. The molecule has 3 N–H and O–H groups in total. The molecule has 0 aliphatic carbocycles. The number of benzene rings is 2. The maximum Gasteiger partial charge on any atom is 0.336 e. The van der Waals surface area contributed by atoms with Crippen LogP contribution in [0.25, 0.3) is 0 Å². The van der Waals surface area contributed by atoms with Gasteiger partial charge in [0.15, 0.2) is 0 Å². The minimum absolute atomic E-state index is 0.141. The Bertz CT molecular complexity index is 878. The first-order valence-electron chi connectivity index (χ1n) is 8.37. The molecule has 0 radical (unpaired) electrons. The molecule has 0 heterocycles. The van der Waals surface area contributed by atoms with E-state index in [4.69, 9.17) is 0 Å². The fourth-order valence-corrected chi connectivity index (χ4v) is 3.40. The molecule has 0 spiro atoms. The average Bonchev–Trinajstić information content (AvgIpc) is 2.58. The number of carbonyl (C=O) groups is 3. The van der Waals surface area contributed by atoms with E-state index in [1.54, 1.807) is 32.0 Å². The van der Waals surface area contributed by atoms with Gasteiger partial charge in [0, 0.05) is 23.2 Å². The van der Waals surface area contributed by atoms with Gasteiger partial charge in [0.2, 0.25) is 11.8 Å². The van der Waals surface area contributed by atoms with Crippen molar-refractivity contribution in [2.75, 3.05) is 10.6 Å².